The summed E-state index contributed by atoms with van der Waals surface area (Å²) in [4.78, 5) is 0. The molecule has 0 unspecified atom stereocenters. The average Bonchev–Trinajstić information content (AvgIpc) is 2.71. The summed E-state index contributed by atoms with van der Waals surface area (Å²) >= 11 is 1.82. The number of hydrogen-bond acceptors (Lipinski definition) is 2. The molecule has 2 aromatic carbocycles. The maximum atomic E-state index is 6.11. The number of ether oxygens (including phenoxy) is 1. The minimum Gasteiger partial charge on any atom is -0.492 e. The summed E-state index contributed by atoms with van der Waals surface area (Å²) in [5.74, 6) is 9.52. The summed E-state index contributed by atoms with van der Waals surface area (Å²) in [5.41, 5.74) is 6.26. The second-order valence-corrected chi connectivity index (χ2v) is 9.40. The molecular formula is C29H36OS. The number of rotatable bonds is 6. The molecule has 1 nitrogen and oxygen atoms in total. The molecule has 0 spiro atoms. The van der Waals surface area contributed by atoms with E-state index in [4.69, 9.17) is 4.74 Å². The van der Waals surface area contributed by atoms with Crippen LogP contribution >= 0.6 is 11.8 Å². The molecule has 0 aromatic heterocycles. The number of allylic oxidation sites excluding steroid dienone is 1. The molecule has 2 heteroatoms. The summed E-state index contributed by atoms with van der Waals surface area (Å²) in [6.45, 7) is 5.03. The fraction of sp³-hybridized carbons (Fsp3) is 0.448. The fourth-order valence-corrected chi connectivity index (χ4v) is 3.88. The van der Waals surface area contributed by atoms with Crippen molar-refractivity contribution >= 4 is 17.5 Å². The molecule has 0 saturated heterocycles. The highest BCUT2D eigenvalue weighted by Crippen LogP contribution is 2.36. The Balaban J connectivity index is 0.000000858. The van der Waals surface area contributed by atoms with Crippen molar-refractivity contribution in [2.45, 2.75) is 64.7 Å². The van der Waals surface area contributed by atoms with Gasteiger partial charge >= 0.3 is 0 Å². The molecule has 2 fully saturated rings. The SMILES string of the molecule is CCC.CSCCOC(=C1CCC1)c1ccc(C#Cc2ccc(C3CCC3)cc2)cc1. The van der Waals surface area contributed by atoms with E-state index in [2.05, 4.69) is 80.5 Å². The Labute approximate surface area is 193 Å². The van der Waals surface area contributed by atoms with Gasteiger partial charge in [0.1, 0.15) is 5.76 Å². The maximum absolute atomic E-state index is 6.11. The quantitative estimate of drug-likeness (QED) is 0.259. The Bertz CT molecular complexity index is 886. The van der Waals surface area contributed by atoms with Crippen LogP contribution in [0.4, 0.5) is 0 Å². The Morgan fingerprint density at radius 3 is 1.94 bits per heavy atom. The topological polar surface area (TPSA) is 9.23 Å². The summed E-state index contributed by atoms with van der Waals surface area (Å²) in [6, 6.07) is 17.4. The highest BCUT2D eigenvalue weighted by Gasteiger charge is 2.19. The third kappa shape index (κ3) is 6.94. The van der Waals surface area contributed by atoms with Gasteiger partial charge in [0.05, 0.1) is 6.61 Å². The van der Waals surface area contributed by atoms with E-state index < -0.39 is 0 Å². The van der Waals surface area contributed by atoms with Gasteiger partial charge in [0, 0.05) is 22.4 Å². The van der Waals surface area contributed by atoms with Crippen LogP contribution in [-0.4, -0.2) is 18.6 Å². The number of hydrogen-bond donors (Lipinski definition) is 0. The van der Waals surface area contributed by atoms with Crippen LogP contribution in [0.1, 0.15) is 87.0 Å². The smallest absolute Gasteiger partial charge is 0.125 e. The molecule has 164 valence electrons. The summed E-state index contributed by atoms with van der Waals surface area (Å²) in [5, 5.41) is 0. The first-order chi connectivity index (χ1) is 15.2. The monoisotopic (exact) mass is 432 g/mol. The number of benzene rings is 2. The second-order valence-electron chi connectivity index (χ2n) is 8.41. The first-order valence-electron chi connectivity index (χ1n) is 11.8. The predicted molar refractivity (Wildman–Crippen MR) is 137 cm³/mol. The highest BCUT2D eigenvalue weighted by atomic mass is 32.2. The molecule has 2 aliphatic rings. The standard InChI is InChI=1S/C26H28OS.C3H8/c1-28-19-18-27-26(24-6-3-7-24)25-16-12-21(13-17-25)9-8-20-10-14-23(15-11-20)22-4-2-5-22;1-3-2/h10-17,22H,2-7,18-19H2,1H3;3H2,1-2H3. The maximum Gasteiger partial charge on any atom is 0.125 e. The molecule has 2 aliphatic carbocycles. The zero-order chi connectivity index (χ0) is 21.9. The lowest BCUT2D eigenvalue weighted by molar-refractivity contribution is 0.294. The van der Waals surface area contributed by atoms with E-state index in [0.29, 0.717) is 0 Å². The first-order valence-corrected chi connectivity index (χ1v) is 13.2. The van der Waals surface area contributed by atoms with Gasteiger partial charge in [-0.2, -0.15) is 11.8 Å². The van der Waals surface area contributed by atoms with Crippen molar-refractivity contribution in [1.82, 2.24) is 0 Å². The molecule has 2 aromatic rings. The lowest BCUT2D eigenvalue weighted by atomic mass is 9.80. The van der Waals surface area contributed by atoms with E-state index in [-0.39, 0.29) is 0 Å². The van der Waals surface area contributed by atoms with Crippen LogP contribution in [0.3, 0.4) is 0 Å². The lowest BCUT2D eigenvalue weighted by Crippen LogP contribution is -2.08. The Hall–Kier alpha value is -2.11. The van der Waals surface area contributed by atoms with Crippen molar-refractivity contribution in [1.29, 1.82) is 0 Å². The van der Waals surface area contributed by atoms with Crippen LogP contribution in [0.2, 0.25) is 0 Å². The molecule has 4 rings (SSSR count). The minimum atomic E-state index is 0.776. The summed E-state index contributed by atoms with van der Waals surface area (Å²) in [7, 11) is 0. The third-order valence-electron chi connectivity index (χ3n) is 5.80. The fourth-order valence-electron chi connectivity index (χ4n) is 3.63. The zero-order valence-corrected chi connectivity index (χ0v) is 20.2. The molecule has 0 radical (unpaired) electrons. The van der Waals surface area contributed by atoms with Gasteiger partial charge in [0.25, 0.3) is 0 Å². The Morgan fingerprint density at radius 1 is 0.903 bits per heavy atom. The summed E-state index contributed by atoms with van der Waals surface area (Å²) < 4.78 is 6.11. The van der Waals surface area contributed by atoms with Crippen molar-refractivity contribution in [2.75, 3.05) is 18.6 Å². The van der Waals surface area contributed by atoms with E-state index in [0.717, 1.165) is 35.2 Å². The van der Waals surface area contributed by atoms with Gasteiger partial charge in [-0.1, -0.05) is 62.8 Å². The van der Waals surface area contributed by atoms with E-state index >= 15 is 0 Å². The zero-order valence-electron chi connectivity index (χ0n) is 19.4. The molecule has 0 aliphatic heterocycles. The number of thioether (sulfide) groups is 1. The van der Waals surface area contributed by atoms with Crippen LogP contribution in [0.5, 0.6) is 0 Å². The first kappa shape index (κ1) is 23.6. The lowest BCUT2D eigenvalue weighted by Gasteiger charge is -2.25. The van der Waals surface area contributed by atoms with Crippen LogP contribution in [0, 0.1) is 11.8 Å². The molecule has 31 heavy (non-hydrogen) atoms. The van der Waals surface area contributed by atoms with Gasteiger partial charge in [0.15, 0.2) is 0 Å². The molecule has 2 saturated carbocycles. The molecule has 0 atom stereocenters. The van der Waals surface area contributed by atoms with Crippen LogP contribution in [0.15, 0.2) is 54.1 Å². The van der Waals surface area contributed by atoms with Crippen molar-refractivity contribution in [3.05, 3.63) is 76.4 Å². The van der Waals surface area contributed by atoms with Crippen LogP contribution < -0.4 is 0 Å². The average molecular weight is 433 g/mol. The van der Waals surface area contributed by atoms with Gasteiger partial charge in [-0.05, 0) is 79.7 Å². The molecular weight excluding hydrogens is 396 g/mol. The van der Waals surface area contributed by atoms with E-state index in [1.807, 2.05) is 11.8 Å². The van der Waals surface area contributed by atoms with Crippen molar-refractivity contribution in [2.24, 2.45) is 0 Å². The Morgan fingerprint density at radius 2 is 1.48 bits per heavy atom. The third-order valence-corrected chi connectivity index (χ3v) is 6.37. The normalized spacial score (nSPS) is 14.9. The van der Waals surface area contributed by atoms with Gasteiger partial charge in [-0.3, -0.25) is 0 Å². The highest BCUT2D eigenvalue weighted by molar-refractivity contribution is 7.98. The Kier molecular flexibility index (Phi) is 9.63. The van der Waals surface area contributed by atoms with E-state index in [9.17, 15) is 0 Å². The van der Waals surface area contributed by atoms with Crippen LogP contribution in [0.25, 0.3) is 5.76 Å². The molecule has 0 N–H and O–H groups in total. The van der Waals surface area contributed by atoms with Gasteiger partial charge in [0.2, 0.25) is 0 Å². The largest absolute Gasteiger partial charge is 0.492 e. The van der Waals surface area contributed by atoms with Gasteiger partial charge in [-0.25, -0.2) is 0 Å². The second kappa shape index (κ2) is 12.7. The summed E-state index contributed by atoms with van der Waals surface area (Å²) in [6.07, 6.45) is 11.1. The van der Waals surface area contributed by atoms with Gasteiger partial charge < -0.3 is 4.74 Å². The molecule has 0 bridgehead atoms. The molecule has 0 amide bonds. The van der Waals surface area contributed by atoms with Crippen molar-refractivity contribution in [3.63, 3.8) is 0 Å². The van der Waals surface area contributed by atoms with Crippen molar-refractivity contribution in [3.8, 4) is 11.8 Å². The minimum absolute atomic E-state index is 0.776. The van der Waals surface area contributed by atoms with E-state index in [1.165, 1.54) is 61.6 Å². The predicted octanol–water partition coefficient (Wildman–Crippen LogP) is 8.04. The van der Waals surface area contributed by atoms with Gasteiger partial charge in [-0.15, -0.1) is 0 Å². The van der Waals surface area contributed by atoms with Crippen LogP contribution in [-0.2, 0) is 4.74 Å². The van der Waals surface area contributed by atoms with E-state index in [1.54, 1.807) is 0 Å². The van der Waals surface area contributed by atoms with Crippen molar-refractivity contribution < 1.29 is 4.74 Å². The molecule has 0 heterocycles.